The molecule has 2 aromatic rings. The maximum Gasteiger partial charge on any atom is 0.158 e. The number of hydrogen-bond donors (Lipinski definition) is 0. The molecule has 1 aromatic heterocycles. The van der Waals surface area contributed by atoms with E-state index in [1.807, 2.05) is 4.68 Å². The SMILES string of the molecule is CCCn1ncnc1-c1ccc([C@@H](C)N2CCCC2)cc1. The Morgan fingerprint density at radius 3 is 2.52 bits per heavy atom. The van der Waals surface area contributed by atoms with Gasteiger partial charge in [0.05, 0.1) is 0 Å². The van der Waals surface area contributed by atoms with E-state index in [1.165, 1.54) is 31.5 Å². The molecule has 112 valence electrons. The zero-order chi connectivity index (χ0) is 14.7. The number of likely N-dealkylation sites (tertiary alicyclic amines) is 1. The highest BCUT2D eigenvalue weighted by atomic mass is 15.3. The Labute approximate surface area is 126 Å². The van der Waals surface area contributed by atoms with Gasteiger partial charge in [0.25, 0.3) is 0 Å². The lowest BCUT2D eigenvalue weighted by Gasteiger charge is -2.24. The van der Waals surface area contributed by atoms with Crippen LogP contribution in [0.15, 0.2) is 30.6 Å². The van der Waals surface area contributed by atoms with Crippen LogP contribution in [0, 0.1) is 0 Å². The maximum absolute atomic E-state index is 4.40. The van der Waals surface area contributed by atoms with Gasteiger partial charge in [-0.1, -0.05) is 31.2 Å². The molecule has 4 heteroatoms. The molecule has 0 radical (unpaired) electrons. The second-order valence-corrected chi connectivity index (χ2v) is 5.85. The molecule has 0 saturated carbocycles. The van der Waals surface area contributed by atoms with Crippen molar-refractivity contribution in [1.82, 2.24) is 19.7 Å². The lowest BCUT2D eigenvalue weighted by molar-refractivity contribution is 0.263. The van der Waals surface area contributed by atoms with Gasteiger partial charge in [0.15, 0.2) is 5.82 Å². The largest absolute Gasteiger partial charge is 0.297 e. The van der Waals surface area contributed by atoms with Crippen molar-refractivity contribution in [2.45, 2.75) is 45.7 Å². The van der Waals surface area contributed by atoms with Crippen molar-refractivity contribution < 1.29 is 0 Å². The molecular formula is C17H24N4. The molecule has 1 aromatic carbocycles. The molecule has 4 nitrogen and oxygen atoms in total. The standard InChI is InChI=1S/C17H24N4/c1-3-10-21-17(18-13-19-21)16-8-6-15(7-9-16)14(2)20-11-4-5-12-20/h6-9,13-14H,3-5,10-12H2,1-2H3/t14-/m1/s1. The molecule has 1 saturated heterocycles. The Kier molecular flexibility index (Phi) is 4.34. The van der Waals surface area contributed by atoms with Gasteiger partial charge in [0, 0.05) is 18.2 Å². The number of aryl methyl sites for hydroxylation is 1. The Morgan fingerprint density at radius 1 is 1.14 bits per heavy atom. The lowest BCUT2D eigenvalue weighted by atomic mass is 10.0. The lowest BCUT2D eigenvalue weighted by Crippen LogP contribution is -2.23. The molecule has 1 aliphatic heterocycles. The molecule has 1 fully saturated rings. The van der Waals surface area contributed by atoms with Crippen LogP contribution in [0.2, 0.25) is 0 Å². The quantitative estimate of drug-likeness (QED) is 0.842. The number of aromatic nitrogens is 3. The molecule has 0 unspecified atom stereocenters. The Balaban J connectivity index is 1.78. The third kappa shape index (κ3) is 3.00. The average Bonchev–Trinajstić information content (AvgIpc) is 3.19. The smallest absolute Gasteiger partial charge is 0.158 e. The van der Waals surface area contributed by atoms with Crippen LogP contribution in [-0.2, 0) is 6.54 Å². The third-order valence-corrected chi connectivity index (χ3v) is 4.39. The van der Waals surface area contributed by atoms with Crippen LogP contribution >= 0.6 is 0 Å². The number of nitrogens with zero attached hydrogens (tertiary/aromatic N) is 4. The van der Waals surface area contributed by atoms with Crippen molar-refractivity contribution in [2.24, 2.45) is 0 Å². The van der Waals surface area contributed by atoms with Crippen molar-refractivity contribution in [3.63, 3.8) is 0 Å². The molecule has 21 heavy (non-hydrogen) atoms. The van der Waals surface area contributed by atoms with Gasteiger partial charge in [-0.2, -0.15) is 5.10 Å². The molecule has 0 aliphatic carbocycles. The predicted octanol–water partition coefficient (Wildman–Crippen LogP) is 3.51. The minimum absolute atomic E-state index is 0.509. The second kappa shape index (κ2) is 6.39. The van der Waals surface area contributed by atoms with Crippen LogP contribution in [0.3, 0.4) is 0 Å². The molecule has 1 atom stereocenters. The first-order valence-corrected chi connectivity index (χ1v) is 8.01. The minimum atomic E-state index is 0.509. The van der Waals surface area contributed by atoms with Gasteiger partial charge in [0.2, 0.25) is 0 Å². The van der Waals surface area contributed by atoms with E-state index in [1.54, 1.807) is 6.33 Å². The molecule has 0 amide bonds. The van der Waals surface area contributed by atoms with Crippen molar-refractivity contribution in [3.05, 3.63) is 36.2 Å². The summed E-state index contributed by atoms with van der Waals surface area (Å²) in [6.45, 7) is 7.84. The second-order valence-electron chi connectivity index (χ2n) is 5.85. The highest BCUT2D eigenvalue weighted by Gasteiger charge is 2.19. The van der Waals surface area contributed by atoms with E-state index in [9.17, 15) is 0 Å². The predicted molar refractivity (Wildman–Crippen MR) is 85.0 cm³/mol. The van der Waals surface area contributed by atoms with Crippen LogP contribution in [0.4, 0.5) is 0 Å². The van der Waals surface area contributed by atoms with E-state index in [-0.39, 0.29) is 0 Å². The number of rotatable bonds is 5. The van der Waals surface area contributed by atoms with Crippen LogP contribution < -0.4 is 0 Å². The monoisotopic (exact) mass is 284 g/mol. The first-order valence-electron chi connectivity index (χ1n) is 8.01. The van der Waals surface area contributed by atoms with Crippen molar-refractivity contribution in [2.75, 3.05) is 13.1 Å². The highest BCUT2D eigenvalue weighted by Crippen LogP contribution is 2.26. The topological polar surface area (TPSA) is 34.0 Å². The average molecular weight is 284 g/mol. The van der Waals surface area contributed by atoms with Crippen LogP contribution in [0.25, 0.3) is 11.4 Å². The molecular weight excluding hydrogens is 260 g/mol. The summed E-state index contributed by atoms with van der Waals surface area (Å²) in [5.74, 6) is 0.970. The summed E-state index contributed by atoms with van der Waals surface area (Å²) >= 11 is 0. The molecule has 0 N–H and O–H groups in total. The fourth-order valence-electron chi connectivity index (χ4n) is 3.11. The molecule has 0 bridgehead atoms. The number of benzene rings is 1. The van der Waals surface area contributed by atoms with E-state index < -0.39 is 0 Å². The summed E-state index contributed by atoms with van der Waals surface area (Å²) in [6.07, 6.45) is 5.39. The fourth-order valence-corrected chi connectivity index (χ4v) is 3.11. The van der Waals surface area contributed by atoms with Crippen LogP contribution in [0.1, 0.15) is 44.7 Å². The summed E-state index contributed by atoms with van der Waals surface area (Å²) in [7, 11) is 0. The van der Waals surface area contributed by atoms with Crippen molar-refractivity contribution in [3.8, 4) is 11.4 Å². The van der Waals surface area contributed by atoms with Gasteiger partial charge in [-0.15, -0.1) is 0 Å². The van der Waals surface area contributed by atoms with E-state index in [2.05, 4.69) is 53.1 Å². The zero-order valence-electron chi connectivity index (χ0n) is 13.0. The Bertz CT molecular complexity index is 567. The fraction of sp³-hybridized carbons (Fsp3) is 0.529. The minimum Gasteiger partial charge on any atom is -0.297 e. The van der Waals surface area contributed by atoms with Gasteiger partial charge < -0.3 is 0 Å². The van der Waals surface area contributed by atoms with Crippen LogP contribution in [-0.4, -0.2) is 32.8 Å². The molecule has 2 heterocycles. The van der Waals surface area contributed by atoms with E-state index in [0.29, 0.717) is 6.04 Å². The number of hydrogen-bond acceptors (Lipinski definition) is 3. The van der Waals surface area contributed by atoms with Crippen LogP contribution in [0.5, 0.6) is 0 Å². The van der Waals surface area contributed by atoms with Crippen molar-refractivity contribution >= 4 is 0 Å². The normalized spacial score (nSPS) is 17.2. The van der Waals surface area contributed by atoms with E-state index >= 15 is 0 Å². The third-order valence-electron chi connectivity index (χ3n) is 4.39. The zero-order valence-corrected chi connectivity index (χ0v) is 13.0. The van der Waals surface area contributed by atoms with E-state index in [4.69, 9.17) is 0 Å². The molecule has 0 spiro atoms. The highest BCUT2D eigenvalue weighted by molar-refractivity contribution is 5.55. The first-order chi connectivity index (χ1) is 10.3. The summed E-state index contributed by atoms with van der Waals surface area (Å²) < 4.78 is 1.99. The summed E-state index contributed by atoms with van der Waals surface area (Å²) in [4.78, 5) is 6.96. The first kappa shape index (κ1) is 14.3. The van der Waals surface area contributed by atoms with Gasteiger partial charge in [-0.3, -0.25) is 4.90 Å². The van der Waals surface area contributed by atoms with Gasteiger partial charge in [0.1, 0.15) is 6.33 Å². The van der Waals surface area contributed by atoms with Gasteiger partial charge >= 0.3 is 0 Å². The van der Waals surface area contributed by atoms with Gasteiger partial charge in [-0.05, 0) is 44.8 Å². The van der Waals surface area contributed by atoms with E-state index in [0.717, 1.165) is 24.4 Å². The maximum atomic E-state index is 4.40. The Hall–Kier alpha value is -1.68. The van der Waals surface area contributed by atoms with Gasteiger partial charge in [-0.25, -0.2) is 9.67 Å². The summed E-state index contributed by atoms with van der Waals surface area (Å²) in [5, 5.41) is 4.30. The summed E-state index contributed by atoms with van der Waals surface area (Å²) in [5.41, 5.74) is 2.54. The molecule has 3 rings (SSSR count). The van der Waals surface area contributed by atoms with Crippen molar-refractivity contribution in [1.29, 1.82) is 0 Å². The molecule has 1 aliphatic rings. The Morgan fingerprint density at radius 2 is 1.86 bits per heavy atom. The summed E-state index contributed by atoms with van der Waals surface area (Å²) in [6, 6.07) is 9.35.